The Labute approximate surface area is 174 Å². The zero-order chi connectivity index (χ0) is 13.5. The third kappa shape index (κ3) is 847. The molecule has 18 heteroatoms. The van der Waals surface area contributed by atoms with Gasteiger partial charge in [0.2, 0.25) is 0 Å². The number of rotatable bonds is 0. The summed E-state index contributed by atoms with van der Waals surface area (Å²) in [4.78, 5) is 0. The van der Waals surface area contributed by atoms with Crippen molar-refractivity contribution >= 4 is 31.2 Å². The summed E-state index contributed by atoms with van der Waals surface area (Å²) in [5.41, 5.74) is 0. The Hall–Kier alpha value is 2.61. The maximum Gasteiger partial charge on any atom is 1.00 e. The Kier molecular flexibility index (Phi) is 33.0. The van der Waals surface area contributed by atoms with Gasteiger partial charge < -0.3 is 4.28 Å². The van der Waals surface area contributed by atoms with Gasteiger partial charge in [-0.05, 0) is 0 Å². The molecule has 6 N–H and O–H groups in total. The van der Waals surface area contributed by atoms with E-state index in [9.17, 15) is 0 Å². The van der Waals surface area contributed by atoms with E-state index in [0.717, 1.165) is 0 Å². The van der Waals surface area contributed by atoms with Crippen LogP contribution < -0.4 is 88.7 Å². The second-order valence-corrected chi connectivity index (χ2v) is 4.03. The van der Waals surface area contributed by atoms with Gasteiger partial charge in [-0.2, -0.15) is 25.3 Å². The maximum absolute atomic E-state index is 8.74. The minimum atomic E-state index is -4.67. The summed E-state index contributed by atoms with van der Waals surface area (Å²) in [6, 6.07) is 0. The van der Waals surface area contributed by atoms with Crippen molar-refractivity contribution in [1.82, 2.24) is 0 Å². The average Bonchev–Trinajstić information content (AvgIpc) is 1.41. The topological polar surface area (TPSA) is 224 Å². The largest absolute Gasteiger partial charge is 1.00 e. The molecule has 0 aliphatic heterocycles. The molecule has 0 fully saturated rings. The molecule has 0 saturated carbocycles. The van der Waals surface area contributed by atoms with Crippen molar-refractivity contribution in [3.05, 3.63) is 0 Å². The smallest absolute Gasteiger partial charge is 1.00 e. The van der Waals surface area contributed by atoms with Gasteiger partial charge in [-0.15, -0.1) is 0 Å². The minimum absolute atomic E-state index is 0. The van der Waals surface area contributed by atoms with E-state index in [4.69, 9.17) is 52.6 Å². The minimum Gasteiger partial charge on any atom is -1.00 e. The van der Waals surface area contributed by atoms with E-state index >= 15 is 0 Å². The predicted molar refractivity (Wildman–Crippen MR) is 45.9 cm³/mol. The Balaban J connectivity index is -0.0000000129. The number of hydrogen-bond donors (Lipinski definition) is 6. The van der Waals surface area contributed by atoms with E-state index in [0.29, 0.717) is 0 Å². The first-order chi connectivity index (χ1) is 6.00. The molecule has 0 saturated heterocycles. The van der Waals surface area contributed by atoms with Crippen molar-refractivity contribution in [2.75, 3.05) is 0 Å². The molecule has 0 rings (SSSR count). The van der Waals surface area contributed by atoms with E-state index in [2.05, 4.69) is 0 Å². The third-order valence-corrected chi connectivity index (χ3v) is 0. The van der Waals surface area contributed by atoms with Crippen LogP contribution in [0.25, 0.3) is 0 Å². The fraction of sp³-hybridized carbons (Fsp3) is 0. The Morgan fingerprint density at radius 1 is 0.444 bits per heavy atom. The molecule has 0 bridgehead atoms. The van der Waals surface area contributed by atoms with Crippen LogP contribution >= 0.6 is 0 Å². The standard InChI is InChI=1S/3Na.3H2O4S.3H/c;;;3*1-5(2,3)4;;;/h;;;3*(H2,1,2,3,4);;;/q3*+1;;;;3*-1. The Morgan fingerprint density at radius 2 is 0.444 bits per heavy atom. The molecular weight excluding hydrogens is 357 g/mol. The van der Waals surface area contributed by atoms with Crippen LogP contribution in [0, 0.1) is 0 Å². The predicted octanol–water partition coefficient (Wildman–Crippen LogP) is -10.6. The van der Waals surface area contributed by atoms with Gasteiger partial charge in [0.15, 0.2) is 0 Å². The first-order valence-electron chi connectivity index (χ1n) is 2.10. The molecule has 0 heterocycles. The van der Waals surface area contributed by atoms with Gasteiger partial charge in [-0.3, -0.25) is 27.3 Å². The maximum atomic E-state index is 8.74. The fourth-order valence-electron chi connectivity index (χ4n) is 0. The molecule has 18 heavy (non-hydrogen) atoms. The second-order valence-electron chi connectivity index (χ2n) is 1.34. The van der Waals surface area contributed by atoms with Crippen LogP contribution in [0.3, 0.4) is 0 Å². The van der Waals surface area contributed by atoms with E-state index < -0.39 is 31.2 Å². The van der Waals surface area contributed by atoms with Crippen molar-refractivity contribution in [1.29, 1.82) is 0 Å². The summed E-state index contributed by atoms with van der Waals surface area (Å²) >= 11 is 0. The quantitative estimate of drug-likeness (QED) is 0.174. The monoisotopic (exact) mass is 366 g/mol. The zero-order valence-corrected chi connectivity index (χ0v) is 17.8. The summed E-state index contributed by atoms with van der Waals surface area (Å²) < 4.78 is 94.8. The van der Waals surface area contributed by atoms with Gasteiger partial charge in [0.1, 0.15) is 0 Å². The molecular formula is H9Na3O12S3. The molecule has 102 valence electrons. The van der Waals surface area contributed by atoms with E-state index in [1.165, 1.54) is 0 Å². The molecule has 0 aromatic carbocycles. The van der Waals surface area contributed by atoms with Crippen molar-refractivity contribution in [3.63, 3.8) is 0 Å². The first kappa shape index (κ1) is 37.1. The van der Waals surface area contributed by atoms with E-state index in [-0.39, 0.29) is 93.0 Å². The summed E-state index contributed by atoms with van der Waals surface area (Å²) in [5, 5.41) is 0. The van der Waals surface area contributed by atoms with Gasteiger partial charge in [0, 0.05) is 0 Å². The molecule has 0 aliphatic rings. The molecule has 0 unspecified atom stereocenters. The molecule has 0 atom stereocenters. The van der Waals surface area contributed by atoms with Crippen molar-refractivity contribution in [2.45, 2.75) is 0 Å². The van der Waals surface area contributed by atoms with Gasteiger partial charge in [0.25, 0.3) is 0 Å². The molecule has 0 amide bonds. The van der Waals surface area contributed by atoms with E-state index in [1.807, 2.05) is 0 Å². The van der Waals surface area contributed by atoms with Gasteiger partial charge in [0.05, 0.1) is 0 Å². The van der Waals surface area contributed by atoms with Crippen molar-refractivity contribution in [2.24, 2.45) is 0 Å². The van der Waals surface area contributed by atoms with Crippen LogP contribution in [0.2, 0.25) is 0 Å². The van der Waals surface area contributed by atoms with Crippen LogP contribution in [0.5, 0.6) is 0 Å². The summed E-state index contributed by atoms with van der Waals surface area (Å²) in [7, 11) is -14.0. The van der Waals surface area contributed by atoms with Crippen LogP contribution in [0.4, 0.5) is 0 Å². The molecule has 0 aromatic heterocycles. The molecule has 12 nitrogen and oxygen atoms in total. The second kappa shape index (κ2) is 16.0. The van der Waals surface area contributed by atoms with Crippen molar-refractivity contribution < 1.29 is 146 Å². The van der Waals surface area contributed by atoms with Crippen LogP contribution in [-0.4, -0.2) is 52.6 Å². The Bertz CT molecular complexity index is 356. The molecule has 0 aromatic rings. The molecule has 0 spiro atoms. The molecule has 0 aliphatic carbocycles. The summed E-state index contributed by atoms with van der Waals surface area (Å²) in [6.45, 7) is 0. The van der Waals surface area contributed by atoms with E-state index in [1.54, 1.807) is 0 Å². The summed E-state index contributed by atoms with van der Waals surface area (Å²) in [5.74, 6) is 0. The first-order valence-corrected chi connectivity index (χ1v) is 6.29. The fourth-order valence-corrected chi connectivity index (χ4v) is 0. The van der Waals surface area contributed by atoms with Crippen LogP contribution in [0.1, 0.15) is 4.28 Å². The normalized spacial score (nSPS) is 9.67. The van der Waals surface area contributed by atoms with Gasteiger partial charge in [-0.1, -0.05) is 0 Å². The molecule has 0 radical (unpaired) electrons. The Morgan fingerprint density at radius 3 is 0.444 bits per heavy atom. The third-order valence-electron chi connectivity index (χ3n) is 0. The van der Waals surface area contributed by atoms with Crippen molar-refractivity contribution in [3.8, 4) is 0 Å². The van der Waals surface area contributed by atoms with Crippen LogP contribution in [0.15, 0.2) is 0 Å². The summed E-state index contributed by atoms with van der Waals surface area (Å²) in [6.07, 6.45) is 0. The number of hydrogen-bond acceptors (Lipinski definition) is 6. The van der Waals surface area contributed by atoms with Gasteiger partial charge in [-0.25, -0.2) is 0 Å². The van der Waals surface area contributed by atoms with Crippen LogP contribution in [-0.2, 0) is 31.2 Å². The zero-order valence-electron chi connectivity index (χ0n) is 12.4. The van der Waals surface area contributed by atoms with Gasteiger partial charge >= 0.3 is 120 Å². The SMILES string of the molecule is O=S(=O)(O)O.O=S(=O)(O)O.O=S(=O)(O)O.[H-].[H-].[H-].[Na+].[Na+].[Na+]. The average molecular weight is 366 g/mol.